The van der Waals surface area contributed by atoms with Crippen LogP contribution in [0, 0.1) is 5.92 Å². The molecule has 0 spiro atoms. The minimum atomic E-state index is -0.123. The van der Waals surface area contributed by atoms with Crippen LogP contribution in [0.2, 0.25) is 0 Å². The van der Waals surface area contributed by atoms with Crippen molar-refractivity contribution in [3.63, 3.8) is 0 Å². The zero-order valence-electron chi connectivity index (χ0n) is 12.0. The number of carbonyl (C=O) groups is 2. The molecule has 2 unspecified atom stereocenters. The van der Waals surface area contributed by atoms with Crippen LogP contribution < -0.4 is 16.4 Å². The van der Waals surface area contributed by atoms with Gasteiger partial charge in [0.05, 0.1) is 0 Å². The molecule has 0 radical (unpaired) electrons. The summed E-state index contributed by atoms with van der Waals surface area (Å²) in [6, 6.07) is 3.57. The van der Waals surface area contributed by atoms with Crippen LogP contribution in [-0.2, 0) is 9.59 Å². The SMILES string of the molecule is NC1CCCC(C(=O)NCCC(=O)Nc2ccncc2)C1. The first-order valence-corrected chi connectivity index (χ1v) is 7.38. The van der Waals surface area contributed by atoms with E-state index in [1.165, 1.54) is 0 Å². The molecule has 21 heavy (non-hydrogen) atoms. The summed E-state index contributed by atoms with van der Waals surface area (Å²) in [6.07, 6.45) is 7.12. The molecule has 0 aliphatic heterocycles. The number of hydrogen-bond acceptors (Lipinski definition) is 4. The van der Waals surface area contributed by atoms with E-state index in [4.69, 9.17) is 5.73 Å². The van der Waals surface area contributed by atoms with Gasteiger partial charge in [0.1, 0.15) is 0 Å². The third-order valence-electron chi connectivity index (χ3n) is 3.70. The zero-order valence-corrected chi connectivity index (χ0v) is 12.0. The maximum atomic E-state index is 12.0. The number of rotatable bonds is 5. The second-order valence-corrected chi connectivity index (χ2v) is 5.45. The lowest BCUT2D eigenvalue weighted by atomic mass is 9.85. The number of hydrogen-bond donors (Lipinski definition) is 3. The second-order valence-electron chi connectivity index (χ2n) is 5.45. The highest BCUT2D eigenvalue weighted by molar-refractivity contribution is 5.91. The highest BCUT2D eigenvalue weighted by Crippen LogP contribution is 2.22. The van der Waals surface area contributed by atoms with E-state index in [1.807, 2.05) is 0 Å². The van der Waals surface area contributed by atoms with E-state index in [9.17, 15) is 9.59 Å². The highest BCUT2D eigenvalue weighted by atomic mass is 16.2. The summed E-state index contributed by atoms with van der Waals surface area (Å²) in [4.78, 5) is 27.6. The van der Waals surface area contributed by atoms with Gasteiger partial charge in [-0.2, -0.15) is 0 Å². The quantitative estimate of drug-likeness (QED) is 0.755. The van der Waals surface area contributed by atoms with Crippen molar-refractivity contribution >= 4 is 17.5 Å². The maximum absolute atomic E-state index is 12.0. The normalized spacial score (nSPS) is 21.6. The summed E-state index contributed by atoms with van der Waals surface area (Å²) in [6.45, 7) is 0.349. The molecular formula is C15H22N4O2. The summed E-state index contributed by atoms with van der Waals surface area (Å²) in [7, 11) is 0. The van der Waals surface area contributed by atoms with Gasteiger partial charge in [-0.25, -0.2) is 0 Å². The first-order valence-electron chi connectivity index (χ1n) is 7.38. The number of anilines is 1. The molecule has 4 N–H and O–H groups in total. The van der Waals surface area contributed by atoms with Crippen molar-refractivity contribution in [1.29, 1.82) is 0 Å². The van der Waals surface area contributed by atoms with Crippen molar-refractivity contribution in [2.45, 2.75) is 38.1 Å². The third kappa shape index (κ3) is 5.15. The molecule has 114 valence electrons. The summed E-state index contributed by atoms with van der Waals surface area (Å²) in [5.74, 6) is -0.110. The molecule has 2 amide bonds. The van der Waals surface area contributed by atoms with Crippen LogP contribution in [-0.4, -0.2) is 29.4 Å². The number of aromatic nitrogens is 1. The molecule has 0 aromatic carbocycles. The fourth-order valence-corrected chi connectivity index (χ4v) is 2.57. The van der Waals surface area contributed by atoms with Crippen LogP contribution in [0.25, 0.3) is 0 Å². The van der Waals surface area contributed by atoms with Crippen LogP contribution in [0.4, 0.5) is 5.69 Å². The predicted molar refractivity (Wildman–Crippen MR) is 80.4 cm³/mol. The monoisotopic (exact) mass is 290 g/mol. The largest absolute Gasteiger partial charge is 0.355 e. The van der Waals surface area contributed by atoms with Gasteiger partial charge in [0.25, 0.3) is 0 Å². The van der Waals surface area contributed by atoms with Crippen molar-refractivity contribution in [3.8, 4) is 0 Å². The topological polar surface area (TPSA) is 97.1 Å². The first kappa shape index (κ1) is 15.4. The lowest BCUT2D eigenvalue weighted by Crippen LogP contribution is -2.38. The van der Waals surface area contributed by atoms with Gasteiger partial charge < -0.3 is 16.4 Å². The van der Waals surface area contributed by atoms with E-state index >= 15 is 0 Å². The van der Waals surface area contributed by atoms with Gasteiger partial charge in [0.2, 0.25) is 11.8 Å². The molecule has 2 atom stereocenters. The van der Waals surface area contributed by atoms with Crippen LogP contribution >= 0.6 is 0 Å². The molecule has 1 aliphatic carbocycles. The molecule has 2 rings (SSSR count). The van der Waals surface area contributed by atoms with Crippen molar-refractivity contribution in [2.24, 2.45) is 11.7 Å². The van der Waals surface area contributed by atoms with Crippen LogP contribution in [0.15, 0.2) is 24.5 Å². The van der Waals surface area contributed by atoms with Crippen molar-refractivity contribution < 1.29 is 9.59 Å². The number of nitrogens with one attached hydrogen (secondary N) is 2. The molecule has 6 heteroatoms. The van der Waals surface area contributed by atoms with Gasteiger partial charge in [0, 0.05) is 43.0 Å². The van der Waals surface area contributed by atoms with E-state index in [0.717, 1.165) is 25.7 Å². The second kappa shape index (κ2) is 7.73. The van der Waals surface area contributed by atoms with Gasteiger partial charge in [-0.3, -0.25) is 14.6 Å². The first-order chi connectivity index (χ1) is 10.1. The Hall–Kier alpha value is -1.95. The number of carbonyl (C=O) groups excluding carboxylic acids is 2. The Morgan fingerprint density at radius 2 is 2.05 bits per heavy atom. The average molecular weight is 290 g/mol. The lowest BCUT2D eigenvalue weighted by Gasteiger charge is -2.25. The standard InChI is InChI=1S/C15H22N4O2/c16-12-3-1-2-11(10-12)15(21)18-9-6-14(20)19-13-4-7-17-8-5-13/h4-5,7-8,11-12H,1-3,6,9-10,16H2,(H,18,21)(H,17,19,20). The van der Waals surface area contributed by atoms with Crippen LogP contribution in [0.5, 0.6) is 0 Å². The fourth-order valence-electron chi connectivity index (χ4n) is 2.57. The van der Waals surface area contributed by atoms with Gasteiger partial charge in [0.15, 0.2) is 0 Å². The number of nitrogens with two attached hydrogens (primary N) is 1. The molecule has 1 fully saturated rings. The molecule has 0 bridgehead atoms. The smallest absolute Gasteiger partial charge is 0.226 e. The van der Waals surface area contributed by atoms with Gasteiger partial charge in [-0.1, -0.05) is 6.42 Å². The summed E-state index contributed by atoms with van der Waals surface area (Å²) < 4.78 is 0. The Kier molecular flexibility index (Phi) is 5.68. The summed E-state index contributed by atoms with van der Waals surface area (Å²) in [5, 5.41) is 5.57. The Labute approximate surface area is 124 Å². The van der Waals surface area contributed by atoms with E-state index in [1.54, 1.807) is 24.5 Å². The third-order valence-corrected chi connectivity index (χ3v) is 3.70. The Morgan fingerprint density at radius 3 is 2.76 bits per heavy atom. The minimum absolute atomic E-state index is 0.00277. The lowest BCUT2D eigenvalue weighted by molar-refractivity contribution is -0.126. The van der Waals surface area contributed by atoms with Crippen molar-refractivity contribution in [2.75, 3.05) is 11.9 Å². The molecule has 0 saturated heterocycles. The molecule has 1 aromatic rings. The van der Waals surface area contributed by atoms with Gasteiger partial charge >= 0.3 is 0 Å². The van der Waals surface area contributed by atoms with Crippen LogP contribution in [0.1, 0.15) is 32.1 Å². The number of amides is 2. The van der Waals surface area contributed by atoms with E-state index < -0.39 is 0 Å². The molecule has 1 aliphatic rings. The molecule has 6 nitrogen and oxygen atoms in total. The number of pyridine rings is 1. The van der Waals surface area contributed by atoms with Gasteiger partial charge in [-0.05, 0) is 31.4 Å². The summed E-state index contributed by atoms with van der Waals surface area (Å²) >= 11 is 0. The van der Waals surface area contributed by atoms with Crippen molar-refractivity contribution in [3.05, 3.63) is 24.5 Å². The molecular weight excluding hydrogens is 268 g/mol. The average Bonchev–Trinajstić information content (AvgIpc) is 2.48. The molecule has 1 saturated carbocycles. The fraction of sp³-hybridized carbons (Fsp3) is 0.533. The zero-order chi connectivity index (χ0) is 15.1. The van der Waals surface area contributed by atoms with Gasteiger partial charge in [-0.15, -0.1) is 0 Å². The van der Waals surface area contributed by atoms with Crippen LogP contribution in [0.3, 0.4) is 0 Å². The van der Waals surface area contributed by atoms with Crippen molar-refractivity contribution in [1.82, 2.24) is 10.3 Å². The Bertz CT molecular complexity index is 478. The summed E-state index contributed by atoms with van der Waals surface area (Å²) in [5.41, 5.74) is 6.58. The van der Waals surface area contributed by atoms with E-state index in [2.05, 4.69) is 15.6 Å². The van der Waals surface area contributed by atoms with E-state index in [-0.39, 0.29) is 30.2 Å². The molecule has 1 aromatic heterocycles. The minimum Gasteiger partial charge on any atom is -0.355 e. The maximum Gasteiger partial charge on any atom is 0.226 e. The Morgan fingerprint density at radius 1 is 1.29 bits per heavy atom. The highest BCUT2D eigenvalue weighted by Gasteiger charge is 2.24. The number of nitrogens with zero attached hydrogens (tertiary/aromatic N) is 1. The Balaban J connectivity index is 1.66. The predicted octanol–water partition coefficient (Wildman–Crippen LogP) is 1.04. The van der Waals surface area contributed by atoms with E-state index in [0.29, 0.717) is 12.2 Å². The molecule has 1 heterocycles.